The van der Waals surface area contributed by atoms with E-state index < -0.39 is 5.41 Å². The Kier molecular flexibility index (Phi) is 4.10. The Balaban J connectivity index is 2.35. The van der Waals surface area contributed by atoms with Crippen LogP contribution in [0.1, 0.15) is 25.0 Å². The number of rotatable bonds is 5. The van der Waals surface area contributed by atoms with Crippen LogP contribution >= 0.6 is 0 Å². The van der Waals surface area contributed by atoms with E-state index in [-0.39, 0.29) is 17.6 Å². The topological polar surface area (TPSA) is 37.4 Å². The van der Waals surface area contributed by atoms with Crippen molar-refractivity contribution in [2.24, 2.45) is 5.92 Å². The highest BCUT2D eigenvalue weighted by atomic mass is 16.2. The largest absolute Gasteiger partial charge is 0.307 e. The summed E-state index contributed by atoms with van der Waals surface area (Å²) >= 11 is 0. The molecule has 0 spiro atoms. The molecule has 1 aliphatic rings. The summed E-state index contributed by atoms with van der Waals surface area (Å²) in [6.45, 7) is 7.83. The van der Waals surface area contributed by atoms with Crippen LogP contribution in [0.3, 0.4) is 0 Å². The van der Waals surface area contributed by atoms with Gasteiger partial charge in [0.05, 0.1) is 0 Å². The summed E-state index contributed by atoms with van der Waals surface area (Å²) in [5.74, 6) is -0.517. The average Bonchev–Trinajstić information content (AvgIpc) is 2.85. The number of ketones is 1. The number of amides is 1. The average molecular weight is 319 g/mol. The van der Waals surface area contributed by atoms with Gasteiger partial charge in [-0.1, -0.05) is 68.5 Å². The maximum Gasteiger partial charge on any atom is 0.250 e. The summed E-state index contributed by atoms with van der Waals surface area (Å²) in [5.41, 5.74) is 1.02. The fraction of sp³-hybridized carbons (Fsp3) is 0.238. The summed E-state index contributed by atoms with van der Waals surface area (Å²) < 4.78 is 0. The smallest absolute Gasteiger partial charge is 0.250 e. The Morgan fingerprint density at radius 2 is 1.75 bits per heavy atom. The summed E-state index contributed by atoms with van der Waals surface area (Å²) in [5, 5.41) is 0. The monoisotopic (exact) mass is 319 g/mol. The summed E-state index contributed by atoms with van der Waals surface area (Å²) in [6, 6.07) is 16.9. The van der Waals surface area contributed by atoms with Crippen LogP contribution in [0.5, 0.6) is 0 Å². The zero-order chi connectivity index (χ0) is 17.3. The Hall–Kier alpha value is -2.68. The van der Waals surface area contributed by atoms with E-state index in [0.717, 1.165) is 16.8 Å². The molecule has 0 saturated heterocycles. The minimum atomic E-state index is -1.27. The maximum atomic E-state index is 13.5. The zero-order valence-electron chi connectivity index (χ0n) is 14.0. The minimum absolute atomic E-state index is 0.0716. The van der Waals surface area contributed by atoms with Crippen molar-refractivity contribution in [1.82, 2.24) is 0 Å². The first-order valence-electron chi connectivity index (χ1n) is 8.17. The first-order valence-corrected chi connectivity index (χ1v) is 8.17. The fourth-order valence-corrected chi connectivity index (χ4v) is 3.54. The first kappa shape index (κ1) is 16.2. The molecule has 0 aromatic heterocycles. The van der Waals surface area contributed by atoms with Crippen LogP contribution in [-0.2, 0) is 15.0 Å². The molecule has 0 fully saturated rings. The van der Waals surface area contributed by atoms with Crippen molar-refractivity contribution in [1.29, 1.82) is 0 Å². The van der Waals surface area contributed by atoms with E-state index in [1.165, 1.54) is 0 Å². The molecule has 2 aromatic carbocycles. The number of hydrogen-bond donors (Lipinski definition) is 0. The number of Topliss-reactive ketones (excluding diaryl/α,β-unsaturated/α-hetero) is 1. The van der Waals surface area contributed by atoms with E-state index in [2.05, 4.69) is 6.58 Å². The molecule has 0 bridgehead atoms. The van der Waals surface area contributed by atoms with Gasteiger partial charge in [-0.3, -0.25) is 9.59 Å². The lowest BCUT2D eigenvalue weighted by Crippen LogP contribution is -2.48. The Bertz CT molecular complexity index is 794. The number of fused-ring (bicyclic) bond motifs is 1. The van der Waals surface area contributed by atoms with Gasteiger partial charge in [0.15, 0.2) is 11.2 Å². The van der Waals surface area contributed by atoms with Crippen LogP contribution in [0.2, 0.25) is 0 Å². The second-order valence-corrected chi connectivity index (χ2v) is 6.36. The number of para-hydroxylation sites is 1. The number of nitrogens with zero attached hydrogens (tertiary/aromatic N) is 1. The lowest BCUT2D eigenvalue weighted by Gasteiger charge is -2.29. The van der Waals surface area contributed by atoms with Gasteiger partial charge in [-0.2, -0.15) is 0 Å². The van der Waals surface area contributed by atoms with Gasteiger partial charge in [-0.05, 0) is 11.6 Å². The summed E-state index contributed by atoms with van der Waals surface area (Å²) in [6.07, 6.45) is 1.69. The highest BCUT2D eigenvalue weighted by Gasteiger charge is 2.57. The number of carbonyl (C=O) groups is 2. The van der Waals surface area contributed by atoms with E-state index in [9.17, 15) is 9.59 Å². The Labute approximate surface area is 142 Å². The van der Waals surface area contributed by atoms with Gasteiger partial charge in [0.1, 0.15) is 0 Å². The molecule has 1 atom stereocenters. The molecule has 2 aromatic rings. The van der Waals surface area contributed by atoms with Crippen LogP contribution < -0.4 is 4.90 Å². The number of benzene rings is 2. The molecule has 3 heteroatoms. The van der Waals surface area contributed by atoms with Crippen LogP contribution in [0.25, 0.3) is 0 Å². The molecule has 122 valence electrons. The standard InChI is InChI=1S/C21H21NO2/c1-4-14-22-18-13-9-8-12-17(18)21(20(22)24,19(23)15(2)3)16-10-6-5-7-11-16/h4-13,15H,1,14H2,2-3H3. The maximum absolute atomic E-state index is 13.5. The van der Waals surface area contributed by atoms with Gasteiger partial charge in [0.2, 0.25) is 5.91 Å². The van der Waals surface area contributed by atoms with Gasteiger partial charge in [0.25, 0.3) is 0 Å². The number of hydrogen-bond acceptors (Lipinski definition) is 2. The van der Waals surface area contributed by atoms with E-state index in [0.29, 0.717) is 6.54 Å². The molecule has 1 unspecified atom stereocenters. The minimum Gasteiger partial charge on any atom is -0.307 e. The van der Waals surface area contributed by atoms with Crippen molar-refractivity contribution >= 4 is 17.4 Å². The molecule has 1 aliphatic heterocycles. The third-order valence-corrected chi connectivity index (χ3v) is 4.58. The van der Waals surface area contributed by atoms with Gasteiger partial charge in [-0.15, -0.1) is 6.58 Å². The van der Waals surface area contributed by atoms with Crippen LogP contribution in [-0.4, -0.2) is 18.2 Å². The molecule has 0 radical (unpaired) electrons. The van der Waals surface area contributed by atoms with Gasteiger partial charge in [0, 0.05) is 23.7 Å². The van der Waals surface area contributed by atoms with E-state index >= 15 is 0 Å². The molecular weight excluding hydrogens is 298 g/mol. The Morgan fingerprint density at radius 1 is 1.12 bits per heavy atom. The zero-order valence-corrected chi connectivity index (χ0v) is 14.0. The molecule has 3 rings (SSSR count). The quantitative estimate of drug-likeness (QED) is 0.622. The molecule has 1 heterocycles. The van der Waals surface area contributed by atoms with Crippen molar-refractivity contribution in [2.75, 3.05) is 11.4 Å². The second-order valence-electron chi connectivity index (χ2n) is 6.36. The van der Waals surface area contributed by atoms with Gasteiger partial charge >= 0.3 is 0 Å². The van der Waals surface area contributed by atoms with Crippen LogP contribution in [0, 0.1) is 5.92 Å². The molecule has 0 N–H and O–H groups in total. The molecular formula is C21H21NO2. The Morgan fingerprint density at radius 3 is 2.38 bits per heavy atom. The van der Waals surface area contributed by atoms with Crippen molar-refractivity contribution in [3.8, 4) is 0 Å². The third kappa shape index (κ3) is 2.12. The van der Waals surface area contributed by atoms with Crippen LogP contribution in [0.4, 0.5) is 5.69 Å². The highest BCUT2D eigenvalue weighted by Crippen LogP contribution is 2.47. The predicted molar refractivity (Wildman–Crippen MR) is 96.1 cm³/mol. The van der Waals surface area contributed by atoms with Crippen molar-refractivity contribution in [3.05, 3.63) is 78.4 Å². The van der Waals surface area contributed by atoms with Crippen LogP contribution in [0.15, 0.2) is 67.3 Å². The van der Waals surface area contributed by atoms with E-state index in [1.807, 2.05) is 68.4 Å². The number of carbonyl (C=O) groups excluding carboxylic acids is 2. The molecule has 3 nitrogen and oxygen atoms in total. The second kappa shape index (κ2) is 6.08. The normalized spacial score (nSPS) is 19.5. The lowest BCUT2D eigenvalue weighted by molar-refractivity contribution is -0.134. The first-order chi connectivity index (χ1) is 11.5. The summed E-state index contributed by atoms with van der Waals surface area (Å²) in [7, 11) is 0. The van der Waals surface area contributed by atoms with Gasteiger partial charge < -0.3 is 4.90 Å². The van der Waals surface area contributed by atoms with Crippen molar-refractivity contribution in [3.63, 3.8) is 0 Å². The van der Waals surface area contributed by atoms with E-state index in [4.69, 9.17) is 0 Å². The number of anilines is 1. The molecule has 0 saturated carbocycles. The summed E-state index contributed by atoms with van der Waals surface area (Å²) in [4.78, 5) is 28.5. The SMILES string of the molecule is C=CCN1C(=O)C(C(=O)C(C)C)(c2ccccc2)c2ccccc21. The predicted octanol–water partition coefficient (Wildman–Crippen LogP) is 3.73. The molecule has 24 heavy (non-hydrogen) atoms. The van der Waals surface area contributed by atoms with Gasteiger partial charge in [-0.25, -0.2) is 0 Å². The highest BCUT2D eigenvalue weighted by molar-refractivity contribution is 6.25. The lowest BCUT2D eigenvalue weighted by atomic mass is 9.69. The van der Waals surface area contributed by atoms with Crippen molar-refractivity contribution in [2.45, 2.75) is 19.3 Å². The molecule has 1 amide bonds. The van der Waals surface area contributed by atoms with Crippen molar-refractivity contribution < 1.29 is 9.59 Å². The molecule has 0 aliphatic carbocycles. The fourth-order valence-electron chi connectivity index (χ4n) is 3.54. The third-order valence-electron chi connectivity index (χ3n) is 4.58. The van der Waals surface area contributed by atoms with E-state index in [1.54, 1.807) is 11.0 Å².